The van der Waals surface area contributed by atoms with Crippen LogP contribution in [0.4, 0.5) is 10.5 Å². The Balaban J connectivity index is 2.87. The van der Waals surface area contributed by atoms with E-state index in [0.717, 1.165) is 11.3 Å². The molecule has 0 aliphatic carbocycles. The van der Waals surface area contributed by atoms with E-state index in [0.29, 0.717) is 19.4 Å². The Hall–Kier alpha value is -2.04. The summed E-state index contributed by atoms with van der Waals surface area (Å²) in [5.41, 5.74) is 1.78. The minimum Gasteiger partial charge on any atom is -0.480 e. The molecular formula is C15H22N2O3. The molecule has 0 saturated carbocycles. The molecule has 0 radical (unpaired) electrons. The fourth-order valence-corrected chi connectivity index (χ4v) is 2.06. The predicted octanol–water partition coefficient (Wildman–Crippen LogP) is 2.78. The average Bonchev–Trinajstić information content (AvgIpc) is 2.41. The molecule has 20 heavy (non-hydrogen) atoms. The van der Waals surface area contributed by atoms with Gasteiger partial charge in [-0.15, -0.1) is 0 Å². The predicted molar refractivity (Wildman–Crippen MR) is 79.1 cm³/mol. The summed E-state index contributed by atoms with van der Waals surface area (Å²) < 4.78 is 0. The van der Waals surface area contributed by atoms with Gasteiger partial charge < -0.3 is 10.4 Å². The van der Waals surface area contributed by atoms with Gasteiger partial charge in [-0.25, -0.2) is 9.59 Å². The zero-order valence-electron chi connectivity index (χ0n) is 12.2. The molecular weight excluding hydrogens is 256 g/mol. The molecule has 1 rings (SSSR count). The number of nitrogens with one attached hydrogen (secondary N) is 1. The highest BCUT2D eigenvalue weighted by molar-refractivity contribution is 5.95. The van der Waals surface area contributed by atoms with Gasteiger partial charge in [0.05, 0.1) is 0 Å². The third-order valence-electron chi connectivity index (χ3n) is 3.14. The highest BCUT2D eigenvalue weighted by Crippen LogP contribution is 2.19. The molecule has 0 heterocycles. The Morgan fingerprint density at radius 2 is 1.95 bits per heavy atom. The summed E-state index contributed by atoms with van der Waals surface area (Å²) in [7, 11) is 0. The van der Waals surface area contributed by atoms with Gasteiger partial charge in [-0.2, -0.15) is 0 Å². The second-order valence-corrected chi connectivity index (χ2v) is 4.66. The van der Waals surface area contributed by atoms with Crippen LogP contribution in [0.3, 0.4) is 0 Å². The first-order valence-corrected chi connectivity index (χ1v) is 6.87. The summed E-state index contributed by atoms with van der Waals surface area (Å²) >= 11 is 0. The van der Waals surface area contributed by atoms with Crippen molar-refractivity contribution in [2.45, 2.75) is 39.7 Å². The monoisotopic (exact) mass is 278 g/mol. The third kappa shape index (κ3) is 3.98. The molecule has 0 aliphatic rings. The Morgan fingerprint density at radius 1 is 1.30 bits per heavy atom. The number of nitrogens with zero attached hydrogens (tertiary/aromatic N) is 1. The Labute approximate surface area is 119 Å². The number of carbonyl (C=O) groups is 2. The molecule has 1 atom stereocenters. The number of hydrogen-bond acceptors (Lipinski definition) is 2. The van der Waals surface area contributed by atoms with Crippen LogP contribution in [0.15, 0.2) is 24.3 Å². The number of carboxylic acids is 1. The zero-order chi connectivity index (χ0) is 15.1. The quantitative estimate of drug-likeness (QED) is 0.840. The van der Waals surface area contributed by atoms with Gasteiger partial charge in [0.2, 0.25) is 0 Å². The van der Waals surface area contributed by atoms with Gasteiger partial charge in [-0.05, 0) is 31.9 Å². The van der Waals surface area contributed by atoms with Crippen LogP contribution in [0.1, 0.15) is 32.3 Å². The van der Waals surface area contributed by atoms with E-state index in [9.17, 15) is 9.59 Å². The van der Waals surface area contributed by atoms with E-state index in [2.05, 4.69) is 5.32 Å². The number of carbonyl (C=O) groups excluding carboxylic acids is 1. The summed E-state index contributed by atoms with van der Waals surface area (Å²) in [4.78, 5) is 24.9. The fraction of sp³-hybridized carbons (Fsp3) is 0.467. The molecule has 2 amide bonds. The molecule has 0 bridgehead atoms. The summed E-state index contributed by atoms with van der Waals surface area (Å²) in [6, 6.07) is 6.33. The third-order valence-corrected chi connectivity index (χ3v) is 3.14. The Bertz CT molecular complexity index is 474. The lowest BCUT2D eigenvalue weighted by Gasteiger charge is -2.25. The van der Waals surface area contributed by atoms with Crippen LogP contribution >= 0.6 is 0 Å². The van der Waals surface area contributed by atoms with Gasteiger partial charge in [-0.3, -0.25) is 4.90 Å². The van der Waals surface area contributed by atoms with Crippen molar-refractivity contribution < 1.29 is 14.7 Å². The molecule has 0 aromatic heterocycles. The summed E-state index contributed by atoms with van der Waals surface area (Å²) in [5, 5.41) is 11.7. The van der Waals surface area contributed by atoms with E-state index < -0.39 is 12.0 Å². The first kappa shape index (κ1) is 16.0. The molecule has 110 valence electrons. The SMILES string of the molecule is CCC[C@@H](NC(=O)N(CC)c1ccccc1C)C(=O)O. The highest BCUT2D eigenvalue weighted by atomic mass is 16.4. The average molecular weight is 278 g/mol. The number of anilines is 1. The van der Waals surface area contributed by atoms with Crippen molar-refractivity contribution in [3.8, 4) is 0 Å². The van der Waals surface area contributed by atoms with E-state index in [1.165, 1.54) is 0 Å². The van der Waals surface area contributed by atoms with Crippen molar-refractivity contribution in [2.75, 3.05) is 11.4 Å². The maximum absolute atomic E-state index is 12.3. The molecule has 0 aliphatic heterocycles. The second kappa shape index (κ2) is 7.53. The highest BCUT2D eigenvalue weighted by Gasteiger charge is 2.23. The lowest BCUT2D eigenvalue weighted by molar-refractivity contribution is -0.139. The van der Waals surface area contributed by atoms with Crippen molar-refractivity contribution in [3.63, 3.8) is 0 Å². The van der Waals surface area contributed by atoms with Gasteiger partial charge in [0.15, 0.2) is 0 Å². The van der Waals surface area contributed by atoms with Crippen LogP contribution in [0, 0.1) is 6.92 Å². The lowest BCUT2D eigenvalue weighted by Crippen LogP contribution is -2.48. The van der Waals surface area contributed by atoms with E-state index in [4.69, 9.17) is 5.11 Å². The molecule has 5 heteroatoms. The molecule has 0 spiro atoms. The molecule has 0 saturated heterocycles. The number of rotatable bonds is 6. The minimum absolute atomic E-state index is 0.373. The number of aliphatic carboxylic acids is 1. The van der Waals surface area contributed by atoms with E-state index in [1.807, 2.05) is 45.0 Å². The second-order valence-electron chi connectivity index (χ2n) is 4.66. The molecule has 0 fully saturated rings. The number of benzene rings is 1. The Kier molecular flexibility index (Phi) is 6.03. The number of aryl methyl sites for hydroxylation is 1. The van der Waals surface area contributed by atoms with Crippen LogP contribution in [0.5, 0.6) is 0 Å². The zero-order valence-corrected chi connectivity index (χ0v) is 12.2. The van der Waals surface area contributed by atoms with E-state index >= 15 is 0 Å². The van der Waals surface area contributed by atoms with Gasteiger partial charge in [0.25, 0.3) is 0 Å². The van der Waals surface area contributed by atoms with Crippen molar-refractivity contribution in [2.24, 2.45) is 0 Å². The van der Waals surface area contributed by atoms with Crippen LogP contribution in [-0.4, -0.2) is 29.7 Å². The van der Waals surface area contributed by atoms with E-state index in [1.54, 1.807) is 4.90 Å². The van der Waals surface area contributed by atoms with Crippen LogP contribution in [0.25, 0.3) is 0 Å². The van der Waals surface area contributed by atoms with Crippen molar-refractivity contribution in [1.29, 1.82) is 0 Å². The number of para-hydroxylation sites is 1. The van der Waals surface area contributed by atoms with Gasteiger partial charge in [0.1, 0.15) is 6.04 Å². The van der Waals surface area contributed by atoms with Crippen LogP contribution in [-0.2, 0) is 4.79 Å². The molecule has 0 unspecified atom stereocenters. The van der Waals surface area contributed by atoms with Gasteiger partial charge in [-0.1, -0.05) is 31.5 Å². The molecule has 1 aromatic rings. The maximum Gasteiger partial charge on any atom is 0.326 e. The number of hydrogen-bond donors (Lipinski definition) is 2. The number of carboxylic acid groups (broad SMARTS) is 1. The summed E-state index contributed by atoms with van der Waals surface area (Å²) in [6.45, 7) is 6.16. The van der Waals surface area contributed by atoms with Gasteiger partial charge in [0, 0.05) is 12.2 Å². The largest absolute Gasteiger partial charge is 0.480 e. The molecule has 2 N–H and O–H groups in total. The molecule has 5 nitrogen and oxygen atoms in total. The van der Waals surface area contributed by atoms with Crippen molar-refractivity contribution >= 4 is 17.7 Å². The standard InChI is InChI=1S/C15H22N2O3/c1-4-8-12(14(18)19)16-15(20)17(5-2)13-10-7-6-9-11(13)3/h6-7,9-10,12H,4-5,8H2,1-3H3,(H,16,20)(H,18,19)/t12-/m1/s1. The maximum atomic E-state index is 12.3. The van der Waals surface area contributed by atoms with Crippen molar-refractivity contribution in [3.05, 3.63) is 29.8 Å². The van der Waals surface area contributed by atoms with Crippen molar-refractivity contribution in [1.82, 2.24) is 5.32 Å². The topological polar surface area (TPSA) is 69.6 Å². The first-order valence-electron chi connectivity index (χ1n) is 6.87. The molecule has 1 aromatic carbocycles. The van der Waals surface area contributed by atoms with Crippen LogP contribution < -0.4 is 10.2 Å². The minimum atomic E-state index is -0.999. The lowest BCUT2D eigenvalue weighted by atomic mass is 10.1. The van der Waals surface area contributed by atoms with Crippen LogP contribution in [0.2, 0.25) is 0 Å². The van der Waals surface area contributed by atoms with Gasteiger partial charge >= 0.3 is 12.0 Å². The first-order chi connectivity index (χ1) is 9.51. The normalized spacial score (nSPS) is 11.8. The Morgan fingerprint density at radius 3 is 2.45 bits per heavy atom. The smallest absolute Gasteiger partial charge is 0.326 e. The number of urea groups is 1. The number of amides is 2. The summed E-state index contributed by atoms with van der Waals surface area (Å²) in [6.07, 6.45) is 1.13. The van der Waals surface area contributed by atoms with E-state index in [-0.39, 0.29) is 6.03 Å². The fourth-order valence-electron chi connectivity index (χ4n) is 2.06. The summed E-state index contributed by atoms with van der Waals surface area (Å²) in [5.74, 6) is -0.999.